The van der Waals surface area contributed by atoms with Crippen LogP contribution in [0.25, 0.3) is 6.08 Å². The summed E-state index contributed by atoms with van der Waals surface area (Å²) in [6, 6.07) is 5.34. The van der Waals surface area contributed by atoms with Gasteiger partial charge < -0.3 is 14.8 Å². The molecule has 20 heavy (non-hydrogen) atoms. The molecule has 1 aromatic carbocycles. The van der Waals surface area contributed by atoms with E-state index in [0.717, 1.165) is 0 Å². The van der Waals surface area contributed by atoms with Crippen molar-refractivity contribution in [3.63, 3.8) is 0 Å². The zero-order chi connectivity index (χ0) is 14.5. The fourth-order valence-corrected chi connectivity index (χ4v) is 2.22. The van der Waals surface area contributed by atoms with Gasteiger partial charge in [-0.3, -0.25) is 4.79 Å². The number of amides is 1. The van der Waals surface area contributed by atoms with E-state index >= 15 is 0 Å². The first-order valence-electron chi connectivity index (χ1n) is 5.75. The molecule has 0 atom stereocenters. The van der Waals surface area contributed by atoms with Crippen LogP contribution in [0.4, 0.5) is 0 Å². The van der Waals surface area contributed by atoms with Gasteiger partial charge >= 0.3 is 0 Å². The van der Waals surface area contributed by atoms with Gasteiger partial charge in [-0.25, -0.2) is 0 Å². The summed E-state index contributed by atoms with van der Waals surface area (Å²) in [5, 5.41) is 11.6. The van der Waals surface area contributed by atoms with E-state index < -0.39 is 5.91 Å². The van der Waals surface area contributed by atoms with Crippen LogP contribution in [0.5, 0.6) is 11.5 Å². The second kappa shape index (κ2) is 6.26. The summed E-state index contributed by atoms with van der Waals surface area (Å²) in [4.78, 5) is 11.7. The summed E-state index contributed by atoms with van der Waals surface area (Å²) < 4.78 is 11.3. The Balaban J connectivity index is 2.29. The van der Waals surface area contributed by atoms with E-state index in [1.165, 1.54) is 6.08 Å². The van der Waals surface area contributed by atoms with Crippen LogP contribution >= 0.6 is 15.9 Å². The van der Waals surface area contributed by atoms with Crippen molar-refractivity contribution in [3.05, 3.63) is 40.4 Å². The Labute approximate surface area is 124 Å². The van der Waals surface area contributed by atoms with Gasteiger partial charge in [-0.2, -0.15) is 5.26 Å². The standard InChI is InChI=1S/C14H11BrN2O3/c1-2-3-17-14(18)10(7-16)4-9-5-11(15)13-12(6-9)19-8-20-13/h2,4-6H,1,3,8H2,(H,17,18)/b10-4+. The normalized spacial score (nSPS) is 12.7. The topological polar surface area (TPSA) is 71.4 Å². The summed E-state index contributed by atoms with van der Waals surface area (Å²) in [7, 11) is 0. The van der Waals surface area contributed by atoms with E-state index in [1.54, 1.807) is 18.2 Å². The first-order valence-corrected chi connectivity index (χ1v) is 6.55. The van der Waals surface area contributed by atoms with Crippen molar-refractivity contribution in [2.24, 2.45) is 0 Å². The molecule has 2 rings (SSSR count). The first-order chi connectivity index (χ1) is 9.65. The molecular formula is C14H11BrN2O3. The molecule has 1 aromatic rings. The summed E-state index contributed by atoms with van der Waals surface area (Å²) in [6.45, 7) is 3.97. The van der Waals surface area contributed by atoms with E-state index in [2.05, 4.69) is 27.8 Å². The highest BCUT2D eigenvalue weighted by Gasteiger charge is 2.18. The number of nitrogens with zero attached hydrogens (tertiary/aromatic N) is 1. The van der Waals surface area contributed by atoms with Crippen molar-refractivity contribution in [3.8, 4) is 17.6 Å². The largest absolute Gasteiger partial charge is 0.454 e. The van der Waals surface area contributed by atoms with Gasteiger partial charge in [-0.05, 0) is 39.7 Å². The number of fused-ring (bicyclic) bond motifs is 1. The molecule has 1 N–H and O–H groups in total. The molecule has 1 aliphatic rings. The summed E-state index contributed by atoms with van der Waals surface area (Å²) in [5.41, 5.74) is 0.684. The maximum atomic E-state index is 11.7. The Morgan fingerprint density at radius 1 is 1.55 bits per heavy atom. The van der Waals surface area contributed by atoms with Crippen LogP contribution in [0.2, 0.25) is 0 Å². The summed E-state index contributed by atoms with van der Waals surface area (Å²) in [6.07, 6.45) is 3.04. The minimum atomic E-state index is -0.443. The second-order valence-corrected chi connectivity index (χ2v) is 4.76. The van der Waals surface area contributed by atoms with Crippen molar-refractivity contribution in [1.82, 2.24) is 5.32 Å². The lowest BCUT2D eigenvalue weighted by Gasteiger charge is -2.03. The number of hydrogen-bond acceptors (Lipinski definition) is 4. The highest BCUT2D eigenvalue weighted by atomic mass is 79.9. The Hall–Kier alpha value is -2.26. The molecule has 1 heterocycles. The quantitative estimate of drug-likeness (QED) is 0.521. The number of carbonyl (C=O) groups excluding carboxylic acids is 1. The van der Waals surface area contributed by atoms with Crippen molar-refractivity contribution >= 4 is 27.9 Å². The van der Waals surface area contributed by atoms with Gasteiger partial charge in [0.05, 0.1) is 4.47 Å². The van der Waals surface area contributed by atoms with Crippen molar-refractivity contribution < 1.29 is 14.3 Å². The van der Waals surface area contributed by atoms with Crippen LogP contribution in [0.15, 0.2) is 34.8 Å². The molecule has 6 heteroatoms. The Morgan fingerprint density at radius 3 is 3.05 bits per heavy atom. The van der Waals surface area contributed by atoms with Gasteiger partial charge in [0, 0.05) is 6.54 Å². The molecule has 0 aliphatic carbocycles. The molecule has 0 spiro atoms. The van der Waals surface area contributed by atoms with Gasteiger partial charge in [0.15, 0.2) is 11.5 Å². The number of hydrogen-bond donors (Lipinski definition) is 1. The Bertz CT molecular complexity index is 632. The fourth-order valence-electron chi connectivity index (χ4n) is 1.65. The van der Waals surface area contributed by atoms with E-state index in [9.17, 15) is 4.79 Å². The first kappa shape index (κ1) is 14.2. The number of rotatable bonds is 4. The predicted molar refractivity (Wildman–Crippen MR) is 77.1 cm³/mol. The highest BCUT2D eigenvalue weighted by Crippen LogP contribution is 2.40. The minimum absolute atomic E-state index is 0.0117. The van der Waals surface area contributed by atoms with Gasteiger partial charge in [0.25, 0.3) is 5.91 Å². The zero-order valence-electron chi connectivity index (χ0n) is 10.5. The number of ether oxygens (including phenoxy) is 2. The average molecular weight is 335 g/mol. The zero-order valence-corrected chi connectivity index (χ0v) is 12.1. The molecule has 0 aromatic heterocycles. The van der Waals surface area contributed by atoms with Gasteiger partial charge in [-0.1, -0.05) is 6.08 Å². The third-order valence-corrected chi connectivity index (χ3v) is 3.12. The molecule has 0 unspecified atom stereocenters. The Kier molecular flexibility index (Phi) is 4.43. The van der Waals surface area contributed by atoms with Gasteiger partial charge in [0.2, 0.25) is 6.79 Å². The van der Waals surface area contributed by atoms with E-state index in [0.29, 0.717) is 28.1 Å². The van der Waals surface area contributed by atoms with Crippen LogP contribution in [-0.2, 0) is 4.79 Å². The molecule has 0 fully saturated rings. The van der Waals surface area contributed by atoms with Gasteiger partial charge in [0.1, 0.15) is 11.6 Å². The van der Waals surface area contributed by atoms with E-state index in [4.69, 9.17) is 14.7 Å². The smallest absolute Gasteiger partial charge is 0.262 e. The fraction of sp³-hybridized carbons (Fsp3) is 0.143. The molecule has 0 bridgehead atoms. The average Bonchev–Trinajstić information content (AvgIpc) is 2.91. The molecule has 0 radical (unpaired) electrons. The number of carbonyl (C=O) groups is 1. The van der Waals surface area contributed by atoms with Crippen molar-refractivity contribution in [1.29, 1.82) is 5.26 Å². The van der Waals surface area contributed by atoms with E-state index in [-0.39, 0.29) is 12.4 Å². The maximum absolute atomic E-state index is 11.7. The van der Waals surface area contributed by atoms with Crippen LogP contribution in [0, 0.1) is 11.3 Å². The van der Waals surface area contributed by atoms with Crippen LogP contribution in [-0.4, -0.2) is 19.2 Å². The van der Waals surface area contributed by atoms with Crippen LogP contribution in [0.3, 0.4) is 0 Å². The highest BCUT2D eigenvalue weighted by molar-refractivity contribution is 9.10. The summed E-state index contributed by atoms with van der Waals surface area (Å²) in [5.74, 6) is 0.757. The molecule has 1 aliphatic heterocycles. The van der Waals surface area contributed by atoms with Crippen molar-refractivity contribution in [2.45, 2.75) is 0 Å². The monoisotopic (exact) mass is 334 g/mol. The lowest BCUT2D eigenvalue weighted by atomic mass is 10.1. The van der Waals surface area contributed by atoms with E-state index in [1.807, 2.05) is 6.07 Å². The lowest BCUT2D eigenvalue weighted by molar-refractivity contribution is -0.116. The molecule has 5 nitrogen and oxygen atoms in total. The molecular weight excluding hydrogens is 324 g/mol. The number of nitriles is 1. The number of halogens is 1. The molecule has 0 saturated heterocycles. The molecule has 1 amide bonds. The SMILES string of the molecule is C=CCNC(=O)/C(C#N)=C/c1cc(Br)c2c(c1)OCO2. The predicted octanol–water partition coefficient (Wildman–Crippen LogP) is 2.39. The summed E-state index contributed by atoms with van der Waals surface area (Å²) >= 11 is 3.36. The van der Waals surface area contributed by atoms with Gasteiger partial charge in [-0.15, -0.1) is 6.58 Å². The third-order valence-electron chi connectivity index (χ3n) is 2.53. The number of nitrogens with one attached hydrogen (secondary N) is 1. The molecule has 0 saturated carbocycles. The Morgan fingerprint density at radius 2 is 2.35 bits per heavy atom. The second-order valence-electron chi connectivity index (χ2n) is 3.91. The maximum Gasteiger partial charge on any atom is 0.262 e. The minimum Gasteiger partial charge on any atom is -0.454 e. The van der Waals surface area contributed by atoms with Crippen LogP contribution in [0.1, 0.15) is 5.56 Å². The third kappa shape index (κ3) is 3.00. The number of benzene rings is 1. The molecule has 102 valence electrons. The van der Waals surface area contributed by atoms with Crippen LogP contribution < -0.4 is 14.8 Å². The lowest BCUT2D eigenvalue weighted by Crippen LogP contribution is -2.24. The van der Waals surface area contributed by atoms with Crippen molar-refractivity contribution in [2.75, 3.05) is 13.3 Å².